The van der Waals surface area contributed by atoms with Gasteiger partial charge >= 0.3 is 0 Å². The van der Waals surface area contributed by atoms with E-state index in [9.17, 15) is 0 Å². The van der Waals surface area contributed by atoms with Crippen molar-refractivity contribution in [2.45, 2.75) is 0 Å². The van der Waals surface area contributed by atoms with Crippen LogP contribution in [0.4, 0.5) is 22.9 Å². The highest BCUT2D eigenvalue weighted by Gasteiger charge is 2.14. The summed E-state index contributed by atoms with van der Waals surface area (Å²) in [5.74, 6) is 0.253. The van der Waals surface area contributed by atoms with Gasteiger partial charge in [0.25, 0.3) is 0 Å². The first-order valence-electron chi connectivity index (χ1n) is 6.74. The normalized spacial score (nSPS) is 10.5. The smallest absolute Gasteiger partial charge is 0.134 e. The van der Waals surface area contributed by atoms with Gasteiger partial charge in [-0.15, -0.1) is 0 Å². The molecule has 0 amide bonds. The fourth-order valence-corrected chi connectivity index (χ4v) is 2.32. The van der Waals surface area contributed by atoms with Crippen molar-refractivity contribution in [3.8, 4) is 22.4 Å². The standard InChI is InChI=1S/C17H16N5/c18-12-5-1-10(2-6-12)16-14(20)9-15(21)22-17(16)11-3-7-13(19)8-4-11/h1-8H,18-19H2,(H4,20,21,22). The van der Waals surface area contributed by atoms with Gasteiger partial charge in [-0.25, -0.2) is 4.98 Å². The number of benzene rings is 2. The van der Waals surface area contributed by atoms with Gasteiger partial charge < -0.3 is 22.9 Å². The lowest BCUT2D eigenvalue weighted by atomic mass is 9.97. The van der Waals surface area contributed by atoms with Crippen molar-refractivity contribution >= 4 is 22.9 Å². The number of nitrogen functional groups attached to an aromatic ring is 4. The van der Waals surface area contributed by atoms with Crippen LogP contribution in [0.25, 0.3) is 22.4 Å². The molecule has 3 rings (SSSR count). The van der Waals surface area contributed by atoms with Crippen LogP contribution in [0.15, 0.2) is 48.5 Å². The van der Waals surface area contributed by atoms with Crippen LogP contribution in [0.1, 0.15) is 0 Å². The molecule has 0 spiro atoms. The molecule has 5 nitrogen and oxygen atoms in total. The maximum absolute atomic E-state index is 6.13. The molecule has 5 heteroatoms. The Kier molecular flexibility index (Phi) is 3.31. The molecule has 3 aromatic rings. The van der Waals surface area contributed by atoms with Crippen molar-refractivity contribution in [3.05, 3.63) is 54.6 Å². The van der Waals surface area contributed by atoms with Gasteiger partial charge in [-0.2, -0.15) is 0 Å². The Labute approximate surface area is 128 Å². The van der Waals surface area contributed by atoms with Crippen LogP contribution in [0, 0.1) is 6.07 Å². The Balaban J connectivity index is 2.24. The Bertz CT molecular complexity index is 808. The first kappa shape index (κ1) is 13.8. The zero-order chi connectivity index (χ0) is 15.7. The summed E-state index contributed by atoms with van der Waals surface area (Å²) >= 11 is 0. The number of nitrogens with zero attached hydrogens (tertiary/aromatic N) is 1. The van der Waals surface area contributed by atoms with Crippen LogP contribution in [0.5, 0.6) is 0 Å². The summed E-state index contributed by atoms with van der Waals surface area (Å²) in [4.78, 5) is 4.40. The van der Waals surface area contributed by atoms with Crippen molar-refractivity contribution in [3.63, 3.8) is 0 Å². The van der Waals surface area contributed by atoms with Crippen LogP contribution < -0.4 is 22.9 Å². The molecule has 0 aliphatic heterocycles. The van der Waals surface area contributed by atoms with Gasteiger partial charge in [0.1, 0.15) is 5.82 Å². The second-order valence-corrected chi connectivity index (χ2v) is 5.00. The number of pyridine rings is 1. The lowest BCUT2D eigenvalue weighted by molar-refractivity contribution is 1.33. The van der Waals surface area contributed by atoms with Gasteiger partial charge in [0.15, 0.2) is 0 Å². The minimum atomic E-state index is 0.253. The number of hydrogen-bond acceptors (Lipinski definition) is 5. The van der Waals surface area contributed by atoms with E-state index < -0.39 is 0 Å². The summed E-state index contributed by atoms with van der Waals surface area (Å²) < 4.78 is 0. The molecule has 0 fully saturated rings. The van der Waals surface area contributed by atoms with E-state index >= 15 is 0 Å². The minimum absolute atomic E-state index is 0.253. The van der Waals surface area contributed by atoms with Crippen LogP contribution in [0.3, 0.4) is 0 Å². The third kappa shape index (κ3) is 2.52. The van der Waals surface area contributed by atoms with E-state index in [0.29, 0.717) is 22.8 Å². The number of anilines is 4. The monoisotopic (exact) mass is 290 g/mol. The molecule has 1 aromatic heterocycles. The molecule has 0 unspecified atom stereocenters. The van der Waals surface area contributed by atoms with E-state index in [1.54, 1.807) is 0 Å². The van der Waals surface area contributed by atoms with Crippen molar-refractivity contribution in [1.82, 2.24) is 4.98 Å². The predicted octanol–water partition coefficient (Wildman–Crippen LogP) is 2.54. The fraction of sp³-hybridized carbons (Fsp3) is 0. The highest BCUT2D eigenvalue weighted by molar-refractivity contribution is 5.90. The molecule has 1 heterocycles. The van der Waals surface area contributed by atoms with Gasteiger partial charge in [-0.3, -0.25) is 0 Å². The molecule has 2 aromatic carbocycles. The lowest BCUT2D eigenvalue weighted by Crippen LogP contribution is -2.01. The Hall–Kier alpha value is -3.21. The molecule has 0 saturated carbocycles. The third-order valence-electron chi connectivity index (χ3n) is 3.38. The van der Waals surface area contributed by atoms with E-state index in [1.807, 2.05) is 48.5 Å². The van der Waals surface area contributed by atoms with Crippen LogP contribution in [-0.4, -0.2) is 4.98 Å². The Morgan fingerprint density at radius 3 is 1.73 bits per heavy atom. The van der Waals surface area contributed by atoms with Crippen molar-refractivity contribution in [1.29, 1.82) is 0 Å². The molecule has 0 aliphatic rings. The number of rotatable bonds is 2. The SMILES string of the molecule is Nc1ccc(-c2nc(N)[c]c(N)c2-c2ccc(N)cc2)cc1. The van der Waals surface area contributed by atoms with Crippen LogP contribution in [0.2, 0.25) is 0 Å². The zero-order valence-electron chi connectivity index (χ0n) is 11.9. The average Bonchev–Trinajstić information content (AvgIpc) is 2.49. The number of nitrogens with two attached hydrogens (primary N) is 4. The molecule has 22 heavy (non-hydrogen) atoms. The van der Waals surface area contributed by atoms with Crippen molar-refractivity contribution in [2.24, 2.45) is 0 Å². The van der Waals surface area contributed by atoms with E-state index in [4.69, 9.17) is 22.9 Å². The van der Waals surface area contributed by atoms with E-state index in [0.717, 1.165) is 16.7 Å². The lowest BCUT2D eigenvalue weighted by Gasteiger charge is -2.13. The maximum Gasteiger partial charge on any atom is 0.134 e. The topological polar surface area (TPSA) is 117 Å². The molecule has 0 bridgehead atoms. The average molecular weight is 290 g/mol. The summed E-state index contributed by atoms with van der Waals surface area (Å²) in [6.45, 7) is 0. The maximum atomic E-state index is 6.13. The van der Waals surface area contributed by atoms with E-state index in [-0.39, 0.29) is 5.82 Å². The third-order valence-corrected chi connectivity index (χ3v) is 3.38. The summed E-state index contributed by atoms with van der Waals surface area (Å²) in [6.07, 6.45) is 0. The predicted molar refractivity (Wildman–Crippen MR) is 91.6 cm³/mol. The first-order chi connectivity index (χ1) is 10.5. The molecule has 1 radical (unpaired) electrons. The van der Waals surface area contributed by atoms with Crippen molar-refractivity contribution < 1.29 is 0 Å². The molecule has 109 valence electrons. The molecule has 8 N–H and O–H groups in total. The van der Waals surface area contributed by atoms with Crippen LogP contribution in [-0.2, 0) is 0 Å². The van der Waals surface area contributed by atoms with Gasteiger partial charge in [0.05, 0.1) is 17.4 Å². The molecule has 0 atom stereocenters. The van der Waals surface area contributed by atoms with Gasteiger partial charge in [0.2, 0.25) is 0 Å². The Morgan fingerprint density at radius 1 is 0.682 bits per heavy atom. The van der Waals surface area contributed by atoms with Gasteiger partial charge in [-0.05, 0) is 29.8 Å². The fourth-order valence-electron chi connectivity index (χ4n) is 2.32. The summed E-state index contributed by atoms with van der Waals surface area (Å²) in [5, 5.41) is 0. The van der Waals surface area contributed by atoms with Gasteiger partial charge in [-0.1, -0.05) is 24.3 Å². The van der Waals surface area contributed by atoms with E-state index in [2.05, 4.69) is 11.1 Å². The summed E-state index contributed by atoms with van der Waals surface area (Å²) in [7, 11) is 0. The van der Waals surface area contributed by atoms with Crippen molar-refractivity contribution in [2.75, 3.05) is 22.9 Å². The molecule has 0 saturated heterocycles. The van der Waals surface area contributed by atoms with Crippen LogP contribution >= 0.6 is 0 Å². The molecule has 0 aliphatic carbocycles. The number of hydrogen-bond donors (Lipinski definition) is 4. The quantitative estimate of drug-likeness (QED) is 0.541. The highest BCUT2D eigenvalue weighted by Crippen LogP contribution is 2.36. The minimum Gasteiger partial charge on any atom is -0.399 e. The first-order valence-corrected chi connectivity index (χ1v) is 6.74. The summed E-state index contributed by atoms with van der Waals surface area (Å²) in [5.41, 5.74) is 28.5. The molecular formula is C17H16N5. The largest absolute Gasteiger partial charge is 0.399 e. The second kappa shape index (κ2) is 5.29. The molecular weight excluding hydrogens is 274 g/mol. The Morgan fingerprint density at radius 2 is 1.18 bits per heavy atom. The highest BCUT2D eigenvalue weighted by atomic mass is 14.9. The second-order valence-electron chi connectivity index (χ2n) is 5.00. The zero-order valence-corrected chi connectivity index (χ0v) is 11.9. The van der Waals surface area contributed by atoms with Gasteiger partial charge in [0, 0.05) is 22.5 Å². The summed E-state index contributed by atoms with van der Waals surface area (Å²) in [6, 6.07) is 17.7. The van der Waals surface area contributed by atoms with E-state index in [1.165, 1.54) is 0 Å². The number of aromatic nitrogens is 1.